The fourth-order valence-corrected chi connectivity index (χ4v) is 4.68. The number of hydrogen-bond acceptors (Lipinski definition) is 5. The molecule has 0 radical (unpaired) electrons. The molecule has 1 aliphatic heterocycles. The zero-order valence-electron chi connectivity index (χ0n) is 23.4. The maximum atomic E-state index is 13.0. The smallest absolute Gasteiger partial charge is 0.311 e. The third-order valence-electron chi connectivity index (χ3n) is 6.96. The molecule has 0 spiro atoms. The predicted molar refractivity (Wildman–Crippen MR) is 115 cm³/mol. The van der Waals surface area contributed by atoms with Crippen LogP contribution in [0.4, 0.5) is 0 Å². The summed E-state index contributed by atoms with van der Waals surface area (Å²) < 4.78 is 50.5. The number of carbonyl (C=O) groups is 2. The van der Waals surface area contributed by atoms with Gasteiger partial charge >= 0.3 is 11.9 Å². The van der Waals surface area contributed by atoms with Crippen molar-refractivity contribution in [2.45, 2.75) is 91.3 Å². The van der Waals surface area contributed by atoms with E-state index in [4.69, 9.17) is 16.3 Å². The summed E-state index contributed by atoms with van der Waals surface area (Å²) in [5.74, 6) is -2.20. The Morgan fingerprint density at radius 1 is 1.40 bits per heavy atom. The Morgan fingerprint density at radius 2 is 2.17 bits per heavy atom. The van der Waals surface area contributed by atoms with Crippen molar-refractivity contribution in [3.05, 3.63) is 23.8 Å². The fraction of sp³-hybridized carbons (Fsp3) is 0.760. The number of ether oxygens (including phenoxy) is 2. The number of allylic oxidation sites excluding steroid dienone is 3. The molecule has 0 aromatic heterocycles. The molecule has 30 heavy (non-hydrogen) atoms. The van der Waals surface area contributed by atoms with Gasteiger partial charge in [-0.25, -0.2) is 0 Å². The molecule has 0 amide bonds. The number of cyclic esters (lactones) is 1. The first-order valence-electron chi connectivity index (χ1n) is 13.6. The maximum absolute atomic E-state index is 13.0. The standard InChI is InChI=1S/C25H38O5/c1-6-25(4,5)24(28)30-21-12-15(2)11-17-8-7-16(3)20(23(17)21)10-9-19-13-18(26)14-22(27)29-19/h7-8,11,15-16,18-21,23,26H,6,9-10,12-14H2,1-5H3/t15-,16-,18+,19?,20-,21-,23-/m0/s1/i2D3,14D2. The molecule has 1 unspecified atom stereocenters. The van der Waals surface area contributed by atoms with Crippen LogP contribution in [0.2, 0.25) is 0 Å². The number of hydrogen-bond donors (Lipinski definition) is 1. The van der Waals surface area contributed by atoms with Gasteiger partial charge in [-0.3, -0.25) is 9.59 Å². The second-order valence-corrected chi connectivity index (χ2v) is 9.60. The van der Waals surface area contributed by atoms with Crippen LogP contribution >= 0.6 is 0 Å². The highest BCUT2D eigenvalue weighted by molar-refractivity contribution is 5.76. The quantitative estimate of drug-likeness (QED) is 0.633. The van der Waals surface area contributed by atoms with E-state index in [0.29, 0.717) is 19.3 Å². The van der Waals surface area contributed by atoms with Gasteiger partial charge in [0.2, 0.25) is 0 Å². The lowest BCUT2D eigenvalue weighted by Crippen LogP contribution is -2.43. The molecule has 3 rings (SSSR count). The van der Waals surface area contributed by atoms with Crippen LogP contribution in [0.3, 0.4) is 0 Å². The van der Waals surface area contributed by atoms with E-state index in [1.807, 2.05) is 32.9 Å². The predicted octanol–water partition coefficient (Wildman–Crippen LogP) is 4.59. The first-order chi connectivity index (χ1) is 16.1. The van der Waals surface area contributed by atoms with E-state index < -0.39 is 48.8 Å². The number of rotatable bonds is 6. The summed E-state index contributed by atoms with van der Waals surface area (Å²) in [5.41, 5.74) is 0.165. The van der Waals surface area contributed by atoms with Gasteiger partial charge in [0.05, 0.1) is 17.9 Å². The van der Waals surface area contributed by atoms with Gasteiger partial charge in [-0.15, -0.1) is 0 Å². The van der Waals surface area contributed by atoms with E-state index in [1.54, 1.807) is 6.08 Å². The molecule has 5 heteroatoms. The zero-order chi connectivity index (χ0) is 26.3. The molecule has 0 saturated carbocycles. The maximum Gasteiger partial charge on any atom is 0.311 e. The zero-order valence-corrected chi connectivity index (χ0v) is 18.4. The van der Waals surface area contributed by atoms with E-state index in [0.717, 1.165) is 5.57 Å². The monoisotopic (exact) mass is 423 g/mol. The minimum Gasteiger partial charge on any atom is -0.462 e. The van der Waals surface area contributed by atoms with Crippen molar-refractivity contribution in [3.63, 3.8) is 0 Å². The normalized spacial score (nSPS) is 41.1. The lowest BCUT2D eigenvalue weighted by Gasteiger charge is -2.44. The topological polar surface area (TPSA) is 72.8 Å². The van der Waals surface area contributed by atoms with Crippen LogP contribution in [0.25, 0.3) is 0 Å². The van der Waals surface area contributed by atoms with Gasteiger partial charge in [-0.1, -0.05) is 38.9 Å². The molecule has 2 aliphatic carbocycles. The highest BCUT2D eigenvalue weighted by Crippen LogP contribution is 2.45. The van der Waals surface area contributed by atoms with Gasteiger partial charge in [0, 0.05) is 19.2 Å². The van der Waals surface area contributed by atoms with Gasteiger partial charge in [0.1, 0.15) is 12.2 Å². The van der Waals surface area contributed by atoms with Gasteiger partial charge in [-0.2, -0.15) is 0 Å². The highest BCUT2D eigenvalue weighted by Gasteiger charge is 2.43. The first-order valence-corrected chi connectivity index (χ1v) is 11.1. The first kappa shape index (κ1) is 17.0. The molecule has 1 heterocycles. The molecule has 5 nitrogen and oxygen atoms in total. The molecular formula is C25H38O5. The molecule has 0 bridgehead atoms. The molecular weight excluding hydrogens is 380 g/mol. The van der Waals surface area contributed by atoms with Crippen LogP contribution in [0.5, 0.6) is 0 Å². The lowest BCUT2D eigenvalue weighted by atomic mass is 9.65. The molecule has 1 N–H and O–H groups in total. The van der Waals surface area contributed by atoms with Crippen molar-refractivity contribution < 1.29 is 31.0 Å². The summed E-state index contributed by atoms with van der Waals surface area (Å²) in [4.78, 5) is 25.0. The summed E-state index contributed by atoms with van der Waals surface area (Å²) in [5, 5.41) is 10.1. The Bertz CT molecular complexity index is 878. The Morgan fingerprint density at radius 3 is 2.83 bits per heavy atom. The molecule has 1 fully saturated rings. The van der Waals surface area contributed by atoms with Crippen molar-refractivity contribution in [2.75, 3.05) is 0 Å². The van der Waals surface area contributed by atoms with Crippen LogP contribution in [0.15, 0.2) is 23.8 Å². The molecule has 7 atom stereocenters. The number of carbonyl (C=O) groups excluding carboxylic acids is 2. The summed E-state index contributed by atoms with van der Waals surface area (Å²) in [7, 11) is 0. The van der Waals surface area contributed by atoms with Crippen molar-refractivity contribution in [1.29, 1.82) is 0 Å². The Hall–Kier alpha value is -1.62. The number of aliphatic hydroxyl groups is 1. The lowest BCUT2D eigenvalue weighted by molar-refractivity contribution is -0.166. The second-order valence-electron chi connectivity index (χ2n) is 9.60. The molecule has 168 valence electrons. The molecule has 0 aromatic carbocycles. The van der Waals surface area contributed by atoms with Gasteiger partial charge < -0.3 is 14.6 Å². The largest absolute Gasteiger partial charge is 0.462 e. The van der Waals surface area contributed by atoms with Gasteiger partial charge in [0.15, 0.2) is 0 Å². The minimum atomic E-state index is -2.41. The van der Waals surface area contributed by atoms with Crippen molar-refractivity contribution in [3.8, 4) is 0 Å². The Balaban J connectivity index is 1.84. The van der Waals surface area contributed by atoms with Crippen LogP contribution < -0.4 is 0 Å². The van der Waals surface area contributed by atoms with E-state index in [2.05, 4.69) is 6.92 Å². The SMILES string of the molecule is [2H]C([2H])([2H])[C@H]1C=C2C=C[C@H](C)[C@H](CCC3C[C@@H](O)C([2H])([2H])C(=O)O3)[C@H]2[C@@H](OC(=O)C(C)(C)CC)C1. The Kier molecular flexibility index (Phi) is 5.24. The summed E-state index contributed by atoms with van der Waals surface area (Å²) in [6.07, 6.45) is 2.57. The minimum absolute atomic E-state index is 0.000807. The number of esters is 2. The van der Waals surface area contributed by atoms with Crippen molar-refractivity contribution >= 4 is 11.9 Å². The van der Waals surface area contributed by atoms with E-state index in [1.165, 1.54) is 0 Å². The Labute approximate surface area is 187 Å². The fourth-order valence-electron chi connectivity index (χ4n) is 4.68. The molecule has 3 aliphatic rings. The van der Waals surface area contributed by atoms with Crippen LogP contribution in [0, 0.1) is 29.1 Å². The average molecular weight is 424 g/mol. The van der Waals surface area contributed by atoms with Crippen LogP contribution in [0.1, 0.15) is 79.9 Å². The average Bonchev–Trinajstić information content (AvgIpc) is 2.76. The number of aliphatic hydroxyl groups excluding tert-OH is 1. The highest BCUT2D eigenvalue weighted by atomic mass is 16.6. The van der Waals surface area contributed by atoms with E-state index in [-0.39, 0.29) is 36.6 Å². The molecule has 0 aromatic rings. The summed E-state index contributed by atoms with van der Waals surface area (Å²) in [6.45, 7) is 5.40. The third kappa shape index (κ3) is 5.16. The summed E-state index contributed by atoms with van der Waals surface area (Å²) in [6, 6.07) is 0. The van der Waals surface area contributed by atoms with E-state index >= 15 is 0 Å². The van der Waals surface area contributed by atoms with Gasteiger partial charge in [-0.05, 0) is 62.9 Å². The number of fused-ring (bicyclic) bond motifs is 1. The third-order valence-corrected chi connectivity index (χ3v) is 6.96. The van der Waals surface area contributed by atoms with Crippen molar-refractivity contribution in [2.24, 2.45) is 29.1 Å². The van der Waals surface area contributed by atoms with Crippen LogP contribution in [-0.4, -0.2) is 35.4 Å². The van der Waals surface area contributed by atoms with Crippen LogP contribution in [-0.2, 0) is 19.1 Å². The van der Waals surface area contributed by atoms with E-state index in [9.17, 15) is 14.7 Å². The van der Waals surface area contributed by atoms with Crippen molar-refractivity contribution in [1.82, 2.24) is 0 Å². The van der Waals surface area contributed by atoms with Gasteiger partial charge in [0.25, 0.3) is 0 Å². The second kappa shape index (κ2) is 9.25. The summed E-state index contributed by atoms with van der Waals surface area (Å²) >= 11 is 0. The molecule has 1 saturated heterocycles.